The third kappa shape index (κ3) is 4.30. The summed E-state index contributed by atoms with van der Waals surface area (Å²) >= 11 is 0. The Labute approximate surface area is 105 Å². The van der Waals surface area contributed by atoms with E-state index in [9.17, 15) is 18.0 Å². The first-order chi connectivity index (χ1) is 7.98. The van der Waals surface area contributed by atoms with Gasteiger partial charge >= 0.3 is 0 Å². The van der Waals surface area contributed by atoms with Crippen LogP contribution in [0.3, 0.4) is 0 Å². The zero-order chi connectivity index (χ0) is 14.7. The molecule has 8 heteroatoms. The summed E-state index contributed by atoms with van der Waals surface area (Å²) in [6.45, 7) is 9.50. The van der Waals surface area contributed by atoms with Crippen LogP contribution in [0.2, 0.25) is 0 Å². The summed E-state index contributed by atoms with van der Waals surface area (Å²) in [6, 6.07) is 0. The van der Waals surface area contributed by atoms with Crippen molar-refractivity contribution in [3.05, 3.63) is 24.3 Å². The van der Waals surface area contributed by atoms with Crippen LogP contribution in [0.15, 0.2) is 24.3 Å². The molecule has 0 aromatic heterocycles. The van der Waals surface area contributed by atoms with Crippen LogP contribution < -0.4 is 11.1 Å². The van der Waals surface area contributed by atoms with Gasteiger partial charge in [-0.1, -0.05) is 27.0 Å². The van der Waals surface area contributed by atoms with Gasteiger partial charge in [-0.2, -0.15) is 8.42 Å². The Kier molecular flexibility index (Phi) is 5.25. The van der Waals surface area contributed by atoms with E-state index < -0.39 is 33.2 Å². The molecule has 0 bridgehead atoms. The van der Waals surface area contributed by atoms with Crippen LogP contribution >= 0.6 is 0 Å². The highest BCUT2D eigenvalue weighted by molar-refractivity contribution is 7.86. The van der Waals surface area contributed by atoms with Crippen LogP contribution in [0.25, 0.3) is 0 Å². The normalized spacial score (nSPS) is 12.9. The van der Waals surface area contributed by atoms with Crippen LogP contribution in [0.1, 0.15) is 13.8 Å². The highest BCUT2D eigenvalue weighted by atomic mass is 32.2. The van der Waals surface area contributed by atoms with Crippen molar-refractivity contribution in [1.82, 2.24) is 5.32 Å². The van der Waals surface area contributed by atoms with E-state index in [-0.39, 0.29) is 11.1 Å². The van der Waals surface area contributed by atoms with Gasteiger partial charge in [-0.25, -0.2) is 0 Å². The fourth-order valence-electron chi connectivity index (χ4n) is 1.09. The molecule has 4 N–H and O–H groups in total. The molecule has 0 rings (SSSR count). The van der Waals surface area contributed by atoms with E-state index in [1.807, 2.05) is 5.32 Å². The van der Waals surface area contributed by atoms with Crippen LogP contribution in [0, 0.1) is 5.92 Å². The number of nitrogens with one attached hydrogen (secondary N) is 1. The molecule has 0 spiro atoms. The minimum absolute atomic E-state index is 0.328. The summed E-state index contributed by atoms with van der Waals surface area (Å²) in [4.78, 5) is 22.4. The predicted molar refractivity (Wildman–Crippen MR) is 65.8 cm³/mol. The van der Waals surface area contributed by atoms with E-state index in [0.717, 1.165) is 0 Å². The smallest absolute Gasteiger partial charge is 0.286 e. The Morgan fingerprint density at radius 3 is 1.94 bits per heavy atom. The predicted octanol–water partition coefficient (Wildman–Crippen LogP) is -0.430. The average Bonchev–Trinajstić information content (AvgIpc) is 2.20. The lowest BCUT2D eigenvalue weighted by molar-refractivity contribution is -0.119. The first-order valence-electron chi connectivity index (χ1n) is 4.93. The maximum absolute atomic E-state index is 11.6. The van der Waals surface area contributed by atoms with Crippen molar-refractivity contribution < 1.29 is 22.6 Å². The molecule has 0 saturated carbocycles. The van der Waals surface area contributed by atoms with Crippen molar-refractivity contribution >= 4 is 21.9 Å². The van der Waals surface area contributed by atoms with Crippen LogP contribution in [0.4, 0.5) is 0 Å². The lowest BCUT2D eigenvalue weighted by Gasteiger charge is -2.19. The summed E-state index contributed by atoms with van der Waals surface area (Å²) in [5, 5.41) is 0.549. The van der Waals surface area contributed by atoms with Crippen molar-refractivity contribution in [2.45, 2.75) is 19.2 Å². The average molecular weight is 276 g/mol. The van der Waals surface area contributed by atoms with E-state index in [2.05, 4.69) is 13.2 Å². The van der Waals surface area contributed by atoms with E-state index in [1.165, 1.54) is 13.8 Å². The maximum Gasteiger partial charge on any atom is 0.286 e. The molecule has 7 nitrogen and oxygen atoms in total. The van der Waals surface area contributed by atoms with Crippen molar-refractivity contribution in [2.24, 2.45) is 11.7 Å². The third-order valence-electron chi connectivity index (χ3n) is 2.14. The molecule has 0 heterocycles. The fourth-order valence-corrected chi connectivity index (χ4v) is 2.03. The van der Waals surface area contributed by atoms with Crippen LogP contribution in [-0.2, 0) is 19.7 Å². The number of amides is 2. The number of primary amides is 1. The summed E-state index contributed by atoms with van der Waals surface area (Å²) in [6.07, 6.45) is 0. The zero-order valence-corrected chi connectivity index (χ0v) is 11.0. The van der Waals surface area contributed by atoms with E-state index in [4.69, 9.17) is 10.3 Å². The largest absolute Gasteiger partial charge is 0.366 e. The summed E-state index contributed by atoms with van der Waals surface area (Å²) in [7, 11) is -4.46. The van der Waals surface area contributed by atoms with Gasteiger partial charge in [-0.05, 0) is 5.92 Å². The minimum atomic E-state index is -4.46. The quantitative estimate of drug-likeness (QED) is 0.344. The molecule has 2 amide bonds. The summed E-state index contributed by atoms with van der Waals surface area (Å²) in [5.41, 5.74) is 4.23. The second kappa shape index (κ2) is 5.78. The molecule has 0 aliphatic carbocycles. The van der Waals surface area contributed by atoms with Crippen molar-refractivity contribution in [2.75, 3.05) is 0 Å². The molecule has 18 heavy (non-hydrogen) atoms. The topological polar surface area (TPSA) is 127 Å². The number of nitrogens with two attached hydrogens (primary N) is 1. The van der Waals surface area contributed by atoms with Crippen LogP contribution in [0.5, 0.6) is 0 Å². The standard InChI is InChI=1S/C10H16N2O5S/c1-5(2)10(18(15,16)17)12-9(14)7(4)6(3)8(11)13/h5,10H,3-4H2,1-2H3,(H2,11,13)(H,12,14)(H,15,16,17). The van der Waals surface area contributed by atoms with Gasteiger partial charge in [0.15, 0.2) is 5.37 Å². The highest BCUT2D eigenvalue weighted by Gasteiger charge is 2.29. The number of hydrogen-bond acceptors (Lipinski definition) is 4. The Morgan fingerprint density at radius 2 is 1.67 bits per heavy atom. The van der Waals surface area contributed by atoms with Gasteiger partial charge in [0.2, 0.25) is 5.91 Å². The van der Waals surface area contributed by atoms with Gasteiger partial charge in [0.25, 0.3) is 16.0 Å². The highest BCUT2D eigenvalue weighted by Crippen LogP contribution is 2.11. The number of hydrogen-bond donors (Lipinski definition) is 3. The second-order valence-corrected chi connectivity index (χ2v) is 5.51. The van der Waals surface area contributed by atoms with Gasteiger partial charge in [-0.15, -0.1) is 0 Å². The molecular formula is C10H16N2O5S. The second-order valence-electron chi connectivity index (χ2n) is 3.97. The lowest BCUT2D eigenvalue weighted by atomic mass is 10.1. The zero-order valence-electron chi connectivity index (χ0n) is 10.1. The van der Waals surface area contributed by atoms with Crippen molar-refractivity contribution in [3.63, 3.8) is 0 Å². The number of carbonyl (C=O) groups excluding carboxylic acids is 2. The van der Waals surface area contributed by atoms with Gasteiger partial charge in [0, 0.05) is 11.1 Å². The minimum Gasteiger partial charge on any atom is -0.366 e. The summed E-state index contributed by atoms with van der Waals surface area (Å²) < 4.78 is 31.0. The van der Waals surface area contributed by atoms with Crippen molar-refractivity contribution in [1.29, 1.82) is 0 Å². The van der Waals surface area contributed by atoms with Gasteiger partial charge in [-0.3, -0.25) is 14.1 Å². The molecule has 1 atom stereocenters. The molecule has 0 aromatic carbocycles. The molecule has 0 aliphatic rings. The van der Waals surface area contributed by atoms with Gasteiger partial charge in [0.1, 0.15) is 0 Å². The molecule has 0 radical (unpaired) electrons. The monoisotopic (exact) mass is 276 g/mol. The first kappa shape index (κ1) is 16.3. The molecule has 0 fully saturated rings. The Bertz CT molecular complexity index is 492. The lowest BCUT2D eigenvalue weighted by Crippen LogP contribution is -2.45. The summed E-state index contributed by atoms with van der Waals surface area (Å²) in [5.74, 6) is -2.45. The Balaban J connectivity index is 5.00. The van der Waals surface area contributed by atoms with Gasteiger partial charge < -0.3 is 11.1 Å². The SMILES string of the molecule is C=C(C(=C)C(=O)NC(C(C)C)S(=O)(=O)O)C(N)=O. The van der Waals surface area contributed by atoms with Gasteiger partial charge in [0.05, 0.1) is 0 Å². The van der Waals surface area contributed by atoms with E-state index >= 15 is 0 Å². The first-order valence-corrected chi connectivity index (χ1v) is 6.44. The van der Waals surface area contributed by atoms with E-state index in [0.29, 0.717) is 0 Å². The molecular weight excluding hydrogens is 260 g/mol. The number of carbonyl (C=O) groups is 2. The van der Waals surface area contributed by atoms with Crippen LogP contribution in [-0.4, -0.2) is 30.2 Å². The molecule has 0 aromatic rings. The van der Waals surface area contributed by atoms with E-state index in [1.54, 1.807) is 0 Å². The maximum atomic E-state index is 11.6. The molecule has 1 unspecified atom stereocenters. The fraction of sp³-hybridized carbons (Fsp3) is 0.400. The van der Waals surface area contributed by atoms with Crippen molar-refractivity contribution in [3.8, 4) is 0 Å². The Hall–Kier alpha value is -1.67. The Morgan fingerprint density at radius 1 is 1.22 bits per heavy atom. The number of rotatable bonds is 6. The molecule has 0 saturated heterocycles. The third-order valence-corrected chi connectivity index (χ3v) is 3.44. The molecule has 102 valence electrons. The molecule has 0 aliphatic heterocycles.